The molecule has 1 saturated heterocycles. The number of anilines is 1. The zero-order valence-corrected chi connectivity index (χ0v) is 14.2. The molecule has 3 rings (SSSR count). The van der Waals surface area contributed by atoms with E-state index in [1.54, 1.807) is 17.7 Å². The summed E-state index contributed by atoms with van der Waals surface area (Å²) in [4.78, 5) is 24.8. The van der Waals surface area contributed by atoms with Crippen LogP contribution in [0.15, 0.2) is 12.4 Å². The lowest BCUT2D eigenvalue weighted by atomic mass is 9.91. The van der Waals surface area contributed by atoms with Crippen LogP contribution in [0, 0.1) is 5.92 Å². The van der Waals surface area contributed by atoms with Gasteiger partial charge in [-0.3, -0.25) is 0 Å². The number of carbonyl (C=O) groups is 1. The number of thiophene rings is 1. The number of aliphatic hydroxyl groups excluding tert-OH is 1. The Kier molecular flexibility index (Phi) is 4.77. The molecule has 124 valence electrons. The number of aryl methyl sites for hydroxylation is 1. The Morgan fingerprint density at radius 3 is 2.87 bits per heavy atom. The predicted molar refractivity (Wildman–Crippen MR) is 89.8 cm³/mol. The third kappa shape index (κ3) is 3.16. The van der Waals surface area contributed by atoms with Crippen LogP contribution in [0.1, 0.15) is 24.6 Å². The van der Waals surface area contributed by atoms with Crippen LogP contribution >= 0.6 is 11.3 Å². The highest BCUT2D eigenvalue weighted by molar-refractivity contribution is 7.18. The third-order valence-electron chi connectivity index (χ3n) is 4.44. The summed E-state index contributed by atoms with van der Waals surface area (Å²) < 4.78 is 4.63. The van der Waals surface area contributed by atoms with Gasteiger partial charge in [0, 0.05) is 18.0 Å². The van der Waals surface area contributed by atoms with Gasteiger partial charge in [0.1, 0.15) is 17.0 Å². The van der Waals surface area contributed by atoms with Crippen molar-refractivity contribution in [2.24, 2.45) is 5.92 Å². The fraction of sp³-hybridized carbons (Fsp3) is 0.562. The number of hydrogen-bond donors (Lipinski definition) is 1. The van der Waals surface area contributed by atoms with Gasteiger partial charge in [0.2, 0.25) is 0 Å². The minimum absolute atomic E-state index is 0.0512. The van der Waals surface area contributed by atoms with Gasteiger partial charge in [-0.25, -0.2) is 14.8 Å². The third-order valence-corrected chi connectivity index (χ3v) is 5.62. The first-order chi connectivity index (χ1) is 11.1. The van der Waals surface area contributed by atoms with Gasteiger partial charge in [-0.2, -0.15) is 0 Å². The minimum Gasteiger partial charge on any atom is -0.467 e. The number of hydrogen-bond acceptors (Lipinski definition) is 7. The van der Waals surface area contributed by atoms with Crippen LogP contribution in [0.25, 0.3) is 10.2 Å². The standard InChI is InChI=1S/C16H21N3O3S/c1-3-11-8-12-14(17-9-18-15(12)23-11)19-6-4-10(5-7-19)13(20)16(21)22-2/h8-10,13,20H,3-7H2,1-2H3. The van der Waals surface area contributed by atoms with E-state index in [-0.39, 0.29) is 5.92 Å². The number of aromatic nitrogens is 2. The highest BCUT2D eigenvalue weighted by atomic mass is 32.1. The molecule has 23 heavy (non-hydrogen) atoms. The molecule has 0 radical (unpaired) electrons. The molecule has 1 fully saturated rings. The molecule has 0 aliphatic carbocycles. The minimum atomic E-state index is -1.03. The predicted octanol–water partition coefficient (Wildman–Crippen LogP) is 2.00. The van der Waals surface area contributed by atoms with E-state index in [1.807, 2.05) is 0 Å². The van der Waals surface area contributed by atoms with Crippen LogP contribution in [0.4, 0.5) is 5.82 Å². The van der Waals surface area contributed by atoms with Crippen LogP contribution in [-0.2, 0) is 16.0 Å². The normalized spacial score (nSPS) is 17.4. The number of esters is 1. The molecule has 6 nitrogen and oxygen atoms in total. The summed E-state index contributed by atoms with van der Waals surface area (Å²) in [5, 5.41) is 11.1. The van der Waals surface area contributed by atoms with Crippen molar-refractivity contribution in [3.8, 4) is 0 Å². The molecule has 2 aromatic rings. The summed E-state index contributed by atoms with van der Waals surface area (Å²) >= 11 is 1.71. The first-order valence-corrected chi connectivity index (χ1v) is 8.70. The topological polar surface area (TPSA) is 75.5 Å². The van der Waals surface area contributed by atoms with Gasteiger partial charge in [0.15, 0.2) is 6.10 Å². The van der Waals surface area contributed by atoms with Crippen molar-refractivity contribution >= 4 is 33.3 Å². The van der Waals surface area contributed by atoms with Crippen molar-refractivity contribution in [3.63, 3.8) is 0 Å². The molecule has 1 unspecified atom stereocenters. The average Bonchev–Trinajstić information content (AvgIpc) is 3.03. The molecule has 0 bridgehead atoms. The fourth-order valence-corrected chi connectivity index (χ4v) is 3.99. The maximum Gasteiger partial charge on any atom is 0.334 e. The lowest BCUT2D eigenvalue weighted by molar-refractivity contribution is -0.153. The number of nitrogens with zero attached hydrogens (tertiary/aromatic N) is 3. The molecule has 0 spiro atoms. The molecule has 1 N–H and O–H groups in total. The van der Waals surface area contributed by atoms with E-state index in [1.165, 1.54) is 12.0 Å². The van der Waals surface area contributed by atoms with Gasteiger partial charge in [-0.15, -0.1) is 11.3 Å². The number of carbonyl (C=O) groups excluding carboxylic acids is 1. The molecule has 0 saturated carbocycles. The molecule has 1 atom stereocenters. The van der Waals surface area contributed by atoms with Crippen molar-refractivity contribution in [2.45, 2.75) is 32.3 Å². The molecule has 0 aromatic carbocycles. The van der Waals surface area contributed by atoms with E-state index in [2.05, 4.69) is 32.6 Å². The Morgan fingerprint density at radius 1 is 1.48 bits per heavy atom. The molecular weight excluding hydrogens is 314 g/mol. The summed E-state index contributed by atoms with van der Waals surface area (Å²) in [5.74, 6) is 0.361. The highest BCUT2D eigenvalue weighted by Crippen LogP contribution is 2.33. The Bertz CT molecular complexity index is 695. The van der Waals surface area contributed by atoms with Gasteiger partial charge in [0.05, 0.1) is 12.5 Å². The Labute approximate surface area is 139 Å². The Morgan fingerprint density at radius 2 is 2.22 bits per heavy atom. The van der Waals surface area contributed by atoms with Gasteiger partial charge in [0.25, 0.3) is 0 Å². The zero-order valence-electron chi connectivity index (χ0n) is 13.4. The first-order valence-electron chi connectivity index (χ1n) is 7.88. The van der Waals surface area contributed by atoms with Gasteiger partial charge in [-0.1, -0.05) is 6.92 Å². The summed E-state index contributed by atoms with van der Waals surface area (Å²) in [7, 11) is 1.31. The number of fused-ring (bicyclic) bond motifs is 1. The Balaban J connectivity index is 1.75. The smallest absolute Gasteiger partial charge is 0.334 e. The van der Waals surface area contributed by atoms with E-state index in [0.717, 1.165) is 48.4 Å². The van der Waals surface area contributed by atoms with Crippen LogP contribution in [0.3, 0.4) is 0 Å². The Hall–Kier alpha value is -1.73. The molecular formula is C16H21N3O3S. The number of piperidine rings is 1. The number of methoxy groups -OCH3 is 1. The summed E-state index contributed by atoms with van der Waals surface area (Å²) in [6, 6.07) is 2.17. The van der Waals surface area contributed by atoms with Crippen LogP contribution in [0.5, 0.6) is 0 Å². The van der Waals surface area contributed by atoms with Crippen LogP contribution in [-0.4, -0.2) is 47.3 Å². The van der Waals surface area contributed by atoms with E-state index in [9.17, 15) is 9.90 Å². The SMILES string of the molecule is CCc1cc2c(N3CCC(C(O)C(=O)OC)CC3)ncnc2s1. The summed E-state index contributed by atoms with van der Waals surface area (Å²) in [6.07, 6.45) is 3.07. The van der Waals surface area contributed by atoms with Gasteiger partial charge in [-0.05, 0) is 31.2 Å². The van der Waals surface area contributed by atoms with Crippen molar-refractivity contribution in [1.29, 1.82) is 0 Å². The van der Waals surface area contributed by atoms with Gasteiger partial charge < -0.3 is 14.7 Å². The van der Waals surface area contributed by atoms with E-state index >= 15 is 0 Å². The van der Waals surface area contributed by atoms with Crippen molar-refractivity contribution in [3.05, 3.63) is 17.3 Å². The second kappa shape index (κ2) is 6.80. The number of ether oxygens (including phenoxy) is 1. The first kappa shape index (κ1) is 16.1. The lowest BCUT2D eigenvalue weighted by Gasteiger charge is -2.34. The summed E-state index contributed by atoms with van der Waals surface area (Å²) in [5.41, 5.74) is 0. The molecule has 1 aliphatic heterocycles. The van der Waals surface area contributed by atoms with Gasteiger partial charge >= 0.3 is 5.97 Å². The summed E-state index contributed by atoms with van der Waals surface area (Å²) in [6.45, 7) is 3.67. The van der Waals surface area contributed by atoms with E-state index in [0.29, 0.717) is 0 Å². The number of rotatable bonds is 4. The van der Waals surface area contributed by atoms with Crippen LogP contribution in [0.2, 0.25) is 0 Å². The van der Waals surface area contributed by atoms with E-state index in [4.69, 9.17) is 0 Å². The molecule has 7 heteroatoms. The van der Waals surface area contributed by atoms with Crippen molar-refractivity contribution < 1.29 is 14.6 Å². The van der Waals surface area contributed by atoms with E-state index < -0.39 is 12.1 Å². The molecule has 0 amide bonds. The molecule has 3 heterocycles. The highest BCUT2D eigenvalue weighted by Gasteiger charge is 2.31. The van der Waals surface area contributed by atoms with Crippen LogP contribution < -0.4 is 4.90 Å². The lowest BCUT2D eigenvalue weighted by Crippen LogP contribution is -2.41. The monoisotopic (exact) mass is 335 g/mol. The maximum atomic E-state index is 11.5. The second-order valence-electron chi connectivity index (χ2n) is 5.77. The quantitative estimate of drug-likeness (QED) is 0.862. The zero-order chi connectivity index (χ0) is 16.4. The van der Waals surface area contributed by atoms with Crippen molar-refractivity contribution in [1.82, 2.24) is 9.97 Å². The fourth-order valence-electron chi connectivity index (χ4n) is 3.06. The molecule has 1 aliphatic rings. The molecule has 2 aromatic heterocycles. The second-order valence-corrected chi connectivity index (χ2v) is 6.89. The average molecular weight is 335 g/mol. The maximum absolute atomic E-state index is 11.5. The van der Waals surface area contributed by atoms with Crippen molar-refractivity contribution in [2.75, 3.05) is 25.1 Å². The number of aliphatic hydroxyl groups is 1. The largest absolute Gasteiger partial charge is 0.467 e.